The smallest absolute Gasteiger partial charge is 0.305 e. The summed E-state index contributed by atoms with van der Waals surface area (Å²) in [5.41, 5.74) is 0.108. The number of aromatic nitrogens is 2. The molecule has 0 saturated carbocycles. The SMILES string of the molecule is COc1cccc([C@H](CC(=O)O)NC(=O)c2cc(=O)n(-c3ccc(F)cc3)[nH]2)c1OC. The quantitative estimate of drug-likeness (QED) is 0.505. The van der Waals surface area contributed by atoms with Crippen molar-refractivity contribution in [1.29, 1.82) is 0 Å². The molecule has 2 aromatic carbocycles. The number of methoxy groups -OCH3 is 2. The van der Waals surface area contributed by atoms with Crippen LogP contribution >= 0.6 is 0 Å². The lowest BCUT2D eigenvalue weighted by molar-refractivity contribution is -0.137. The summed E-state index contributed by atoms with van der Waals surface area (Å²) in [4.78, 5) is 36.5. The number of aliphatic carboxylic acids is 1. The Morgan fingerprint density at radius 3 is 2.48 bits per heavy atom. The van der Waals surface area contributed by atoms with Crippen molar-refractivity contribution >= 4 is 11.9 Å². The number of carboxylic acids is 1. The van der Waals surface area contributed by atoms with Gasteiger partial charge in [-0.1, -0.05) is 12.1 Å². The number of ether oxygens (including phenoxy) is 2. The number of para-hydroxylation sites is 1. The summed E-state index contributed by atoms with van der Waals surface area (Å²) in [6.07, 6.45) is -0.432. The standard InChI is InChI=1S/C21H20FN3O6/c1-30-17-5-3-4-14(20(17)31-2)15(11-19(27)28)23-21(29)16-10-18(26)25(24-16)13-8-6-12(22)7-9-13/h3-10,15,24H,11H2,1-2H3,(H,23,29)(H,27,28)/t15-/m0/s1. The molecule has 1 heterocycles. The molecule has 3 aromatic rings. The van der Waals surface area contributed by atoms with Crippen LogP contribution in [0, 0.1) is 5.82 Å². The Morgan fingerprint density at radius 1 is 1.16 bits per heavy atom. The number of nitrogens with one attached hydrogen (secondary N) is 2. The lowest BCUT2D eigenvalue weighted by Crippen LogP contribution is -2.31. The van der Waals surface area contributed by atoms with E-state index in [1.165, 1.54) is 38.5 Å². The monoisotopic (exact) mass is 429 g/mol. The van der Waals surface area contributed by atoms with Crippen LogP contribution in [-0.2, 0) is 4.79 Å². The van der Waals surface area contributed by atoms with E-state index in [9.17, 15) is 23.9 Å². The van der Waals surface area contributed by atoms with Gasteiger partial charge in [0.15, 0.2) is 11.5 Å². The first-order chi connectivity index (χ1) is 14.8. The number of carbonyl (C=O) groups is 2. The third-order valence-electron chi connectivity index (χ3n) is 4.54. The van der Waals surface area contributed by atoms with E-state index in [2.05, 4.69) is 10.4 Å². The van der Waals surface area contributed by atoms with Gasteiger partial charge in [0.1, 0.15) is 11.5 Å². The van der Waals surface area contributed by atoms with Gasteiger partial charge in [-0.25, -0.2) is 9.07 Å². The van der Waals surface area contributed by atoms with Gasteiger partial charge in [0, 0.05) is 11.6 Å². The summed E-state index contributed by atoms with van der Waals surface area (Å²) in [6.45, 7) is 0. The number of rotatable bonds is 8. The highest BCUT2D eigenvalue weighted by Gasteiger charge is 2.25. The molecule has 9 nitrogen and oxygen atoms in total. The third kappa shape index (κ3) is 4.74. The molecule has 0 aliphatic heterocycles. The van der Waals surface area contributed by atoms with Crippen LogP contribution in [0.15, 0.2) is 53.3 Å². The zero-order chi connectivity index (χ0) is 22.5. The third-order valence-corrected chi connectivity index (χ3v) is 4.54. The van der Waals surface area contributed by atoms with E-state index in [0.29, 0.717) is 17.0 Å². The van der Waals surface area contributed by atoms with Crippen LogP contribution in [0.3, 0.4) is 0 Å². The molecule has 3 rings (SSSR count). The zero-order valence-electron chi connectivity index (χ0n) is 16.7. The minimum Gasteiger partial charge on any atom is -0.493 e. The van der Waals surface area contributed by atoms with Crippen LogP contribution in [-0.4, -0.2) is 41.0 Å². The summed E-state index contributed by atoms with van der Waals surface area (Å²) >= 11 is 0. The molecule has 0 unspecified atom stereocenters. The second kappa shape index (κ2) is 9.16. The van der Waals surface area contributed by atoms with Gasteiger partial charge in [0.25, 0.3) is 11.5 Å². The summed E-state index contributed by atoms with van der Waals surface area (Å²) in [5.74, 6) is -1.65. The maximum Gasteiger partial charge on any atom is 0.305 e. The largest absolute Gasteiger partial charge is 0.493 e. The van der Waals surface area contributed by atoms with E-state index in [4.69, 9.17) is 9.47 Å². The molecule has 0 fully saturated rings. The van der Waals surface area contributed by atoms with Crippen molar-refractivity contribution in [2.75, 3.05) is 14.2 Å². The van der Waals surface area contributed by atoms with Crippen molar-refractivity contribution in [1.82, 2.24) is 15.1 Å². The Hall–Kier alpha value is -4.08. The van der Waals surface area contributed by atoms with Gasteiger partial charge in [-0.2, -0.15) is 0 Å². The lowest BCUT2D eigenvalue weighted by atomic mass is 10.0. The molecule has 0 bridgehead atoms. The van der Waals surface area contributed by atoms with E-state index in [1.807, 2.05) is 0 Å². The Kier molecular flexibility index (Phi) is 6.39. The van der Waals surface area contributed by atoms with Crippen molar-refractivity contribution in [3.8, 4) is 17.2 Å². The number of hydrogen-bond acceptors (Lipinski definition) is 5. The molecular formula is C21H20FN3O6. The maximum absolute atomic E-state index is 13.1. The topological polar surface area (TPSA) is 123 Å². The number of hydrogen-bond donors (Lipinski definition) is 3. The molecule has 1 amide bonds. The Morgan fingerprint density at radius 2 is 1.87 bits per heavy atom. The van der Waals surface area contributed by atoms with E-state index in [1.54, 1.807) is 18.2 Å². The van der Waals surface area contributed by atoms with Crippen molar-refractivity contribution < 1.29 is 28.6 Å². The first-order valence-electron chi connectivity index (χ1n) is 9.15. The number of aromatic amines is 1. The number of benzene rings is 2. The first kappa shape index (κ1) is 21.6. The van der Waals surface area contributed by atoms with E-state index in [-0.39, 0.29) is 11.4 Å². The second-order valence-corrected chi connectivity index (χ2v) is 6.53. The van der Waals surface area contributed by atoms with Gasteiger partial charge in [-0.05, 0) is 30.3 Å². The minimum absolute atomic E-state index is 0.0911. The van der Waals surface area contributed by atoms with Crippen LogP contribution in [0.2, 0.25) is 0 Å². The van der Waals surface area contributed by atoms with E-state index in [0.717, 1.165) is 10.7 Å². The fourth-order valence-corrected chi connectivity index (χ4v) is 3.13. The summed E-state index contributed by atoms with van der Waals surface area (Å²) in [7, 11) is 2.84. The Bertz CT molecular complexity index is 1150. The molecule has 0 radical (unpaired) electrons. The average molecular weight is 429 g/mol. The highest BCUT2D eigenvalue weighted by molar-refractivity contribution is 5.92. The van der Waals surface area contributed by atoms with Gasteiger partial charge < -0.3 is 19.9 Å². The predicted octanol–water partition coefficient (Wildman–Crippen LogP) is 2.27. The summed E-state index contributed by atoms with van der Waals surface area (Å²) in [5, 5.41) is 14.6. The molecule has 162 valence electrons. The van der Waals surface area contributed by atoms with Gasteiger partial charge in [0.2, 0.25) is 0 Å². The highest BCUT2D eigenvalue weighted by atomic mass is 19.1. The molecule has 0 aliphatic carbocycles. The van der Waals surface area contributed by atoms with Crippen LogP contribution < -0.4 is 20.3 Å². The predicted molar refractivity (Wildman–Crippen MR) is 108 cm³/mol. The van der Waals surface area contributed by atoms with E-state index < -0.39 is 35.7 Å². The Balaban J connectivity index is 1.92. The lowest BCUT2D eigenvalue weighted by Gasteiger charge is -2.21. The van der Waals surface area contributed by atoms with Crippen molar-refractivity contribution in [3.63, 3.8) is 0 Å². The van der Waals surface area contributed by atoms with Gasteiger partial charge in [0.05, 0.1) is 32.4 Å². The van der Waals surface area contributed by atoms with Gasteiger partial charge in [-0.15, -0.1) is 0 Å². The van der Waals surface area contributed by atoms with Crippen LogP contribution in [0.1, 0.15) is 28.5 Å². The number of H-pyrrole nitrogens is 1. The fourth-order valence-electron chi connectivity index (χ4n) is 3.13. The van der Waals surface area contributed by atoms with Crippen molar-refractivity contribution in [3.05, 3.63) is 76.0 Å². The normalized spacial score (nSPS) is 11.6. The molecule has 0 spiro atoms. The molecule has 1 atom stereocenters. The number of nitrogens with zero attached hydrogens (tertiary/aromatic N) is 1. The fraction of sp³-hybridized carbons (Fsp3) is 0.190. The number of carbonyl (C=O) groups excluding carboxylic acids is 1. The van der Waals surface area contributed by atoms with Crippen LogP contribution in [0.5, 0.6) is 11.5 Å². The van der Waals surface area contributed by atoms with Gasteiger partial charge in [-0.3, -0.25) is 19.5 Å². The molecule has 31 heavy (non-hydrogen) atoms. The highest BCUT2D eigenvalue weighted by Crippen LogP contribution is 2.35. The van der Waals surface area contributed by atoms with Crippen molar-refractivity contribution in [2.45, 2.75) is 12.5 Å². The van der Waals surface area contributed by atoms with Gasteiger partial charge >= 0.3 is 5.97 Å². The minimum atomic E-state index is -1.15. The second-order valence-electron chi connectivity index (χ2n) is 6.53. The van der Waals surface area contributed by atoms with Crippen LogP contribution in [0.25, 0.3) is 5.69 Å². The molecule has 0 aliphatic rings. The molecule has 3 N–H and O–H groups in total. The average Bonchev–Trinajstić information content (AvgIpc) is 3.14. The maximum atomic E-state index is 13.1. The number of amides is 1. The molecule has 1 aromatic heterocycles. The van der Waals surface area contributed by atoms with Crippen LogP contribution in [0.4, 0.5) is 4.39 Å². The summed E-state index contributed by atoms with van der Waals surface area (Å²) in [6, 6.07) is 10.1. The molecule has 10 heteroatoms. The van der Waals surface area contributed by atoms with E-state index >= 15 is 0 Å². The first-order valence-corrected chi connectivity index (χ1v) is 9.15. The zero-order valence-corrected chi connectivity index (χ0v) is 16.7. The molecular weight excluding hydrogens is 409 g/mol. The Labute approximate surface area is 176 Å². The number of halogens is 1. The summed E-state index contributed by atoms with van der Waals surface area (Å²) < 4.78 is 24.8. The van der Waals surface area contributed by atoms with Crippen molar-refractivity contribution in [2.24, 2.45) is 0 Å². The molecule has 0 saturated heterocycles. The number of carboxylic acid groups (broad SMARTS) is 1.